The van der Waals surface area contributed by atoms with Crippen molar-refractivity contribution < 1.29 is 4.79 Å². The molecule has 0 spiro atoms. The molecule has 4 heterocycles. The molecule has 1 aliphatic heterocycles. The lowest BCUT2D eigenvalue weighted by atomic mass is 10.2. The second kappa shape index (κ2) is 8.04. The number of nitrogens with one attached hydrogen (secondary N) is 1. The molecule has 150 valence electrons. The summed E-state index contributed by atoms with van der Waals surface area (Å²) in [7, 11) is 0. The zero-order valence-corrected chi connectivity index (χ0v) is 15.5. The van der Waals surface area contributed by atoms with Crippen molar-refractivity contribution >= 4 is 11.7 Å². The second-order valence-electron chi connectivity index (χ2n) is 6.50. The molecule has 1 fully saturated rings. The van der Waals surface area contributed by atoms with Crippen LogP contribution in [0.5, 0.6) is 0 Å². The highest BCUT2D eigenvalue weighted by atomic mass is 16.2. The summed E-state index contributed by atoms with van der Waals surface area (Å²) in [4.78, 5) is 53.7. The van der Waals surface area contributed by atoms with E-state index in [1.165, 1.54) is 29.5 Å². The molecule has 1 aliphatic rings. The molecular weight excluding hydrogens is 378 g/mol. The Bertz CT molecular complexity index is 1100. The third-order valence-electron chi connectivity index (χ3n) is 4.71. The van der Waals surface area contributed by atoms with E-state index in [2.05, 4.69) is 29.9 Å². The predicted octanol–water partition coefficient (Wildman–Crippen LogP) is -1.35. The summed E-state index contributed by atoms with van der Waals surface area (Å²) in [5.41, 5.74) is -0.965. The Morgan fingerprint density at radius 3 is 2.59 bits per heavy atom. The van der Waals surface area contributed by atoms with Gasteiger partial charge in [-0.3, -0.25) is 14.6 Å². The number of H-pyrrole nitrogens is 1. The Hall–Kier alpha value is -3.83. The summed E-state index contributed by atoms with van der Waals surface area (Å²) in [5.74, 6) is 1.35. The van der Waals surface area contributed by atoms with E-state index in [0.717, 1.165) is 5.82 Å². The van der Waals surface area contributed by atoms with Crippen LogP contribution in [-0.4, -0.2) is 71.3 Å². The fourth-order valence-corrected chi connectivity index (χ4v) is 3.14. The summed E-state index contributed by atoms with van der Waals surface area (Å²) in [6, 6.07) is 3.09. The third-order valence-corrected chi connectivity index (χ3v) is 4.71. The van der Waals surface area contributed by atoms with Crippen molar-refractivity contribution in [1.29, 1.82) is 0 Å². The summed E-state index contributed by atoms with van der Waals surface area (Å²) in [5, 5.41) is 4.06. The number of hydrogen-bond acceptors (Lipinski definition) is 8. The topological polar surface area (TPSA) is 135 Å². The average molecular weight is 397 g/mol. The van der Waals surface area contributed by atoms with Crippen molar-refractivity contribution in [2.45, 2.75) is 13.0 Å². The molecule has 0 aromatic carbocycles. The van der Waals surface area contributed by atoms with E-state index in [9.17, 15) is 14.4 Å². The van der Waals surface area contributed by atoms with Crippen LogP contribution in [0.25, 0.3) is 5.82 Å². The molecule has 29 heavy (non-hydrogen) atoms. The van der Waals surface area contributed by atoms with Gasteiger partial charge in [-0.25, -0.2) is 24.4 Å². The fraction of sp³-hybridized carbons (Fsp3) is 0.353. The highest BCUT2D eigenvalue weighted by molar-refractivity contribution is 5.76. The predicted molar refractivity (Wildman–Crippen MR) is 102 cm³/mol. The van der Waals surface area contributed by atoms with Crippen LogP contribution in [0.1, 0.15) is 6.42 Å². The van der Waals surface area contributed by atoms with Crippen LogP contribution in [0.2, 0.25) is 0 Å². The highest BCUT2D eigenvalue weighted by Gasteiger charge is 2.22. The van der Waals surface area contributed by atoms with Crippen LogP contribution in [0, 0.1) is 0 Å². The maximum absolute atomic E-state index is 12.5. The summed E-state index contributed by atoms with van der Waals surface area (Å²) in [6.07, 6.45) is 6.07. The molecule has 12 heteroatoms. The molecule has 0 radical (unpaired) electrons. The molecule has 1 N–H and O–H groups in total. The van der Waals surface area contributed by atoms with E-state index in [-0.39, 0.29) is 18.9 Å². The lowest BCUT2D eigenvalue weighted by Crippen LogP contribution is -2.49. The first kappa shape index (κ1) is 18.5. The van der Waals surface area contributed by atoms with Gasteiger partial charge in [-0.05, 0) is 0 Å². The van der Waals surface area contributed by atoms with Crippen LogP contribution in [0.4, 0.5) is 5.82 Å². The zero-order valence-electron chi connectivity index (χ0n) is 15.5. The minimum Gasteiger partial charge on any atom is -0.353 e. The van der Waals surface area contributed by atoms with Crippen LogP contribution < -0.4 is 16.1 Å². The minimum absolute atomic E-state index is 0.0336. The number of piperazine rings is 1. The maximum atomic E-state index is 12.5. The summed E-state index contributed by atoms with van der Waals surface area (Å²) in [6.45, 7) is 2.61. The van der Waals surface area contributed by atoms with Gasteiger partial charge >= 0.3 is 5.69 Å². The van der Waals surface area contributed by atoms with E-state index in [4.69, 9.17) is 0 Å². The first-order valence-corrected chi connectivity index (χ1v) is 9.10. The molecule has 0 atom stereocenters. The van der Waals surface area contributed by atoms with Crippen molar-refractivity contribution in [3.63, 3.8) is 0 Å². The van der Waals surface area contributed by atoms with Gasteiger partial charge in [0.1, 0.15) is 24.8 Å². The van der Waals surface area contributed by atoms with Crippen LogP contribution in [0.3, 0.4) is 0 Å². The Labute approximate surface area is 164 Å². The van der Waals surface area contributed by atoms with Gasteiger partial charge in [0.05, 0.1) is 0 Å². The van der Waals surface area contributed by atoms with Crippen molar-refractivity contribution in [3.05, 3.63) is 58.1 Å². The van der Waals surface area contributed by atoms with E-state index in [0.29, 0.717) is 32.0 Å². The molecule has 3 aromatic heterocycles. The lowest BCUT2D eigenvalue weighted by molar-refractivity contribution is -0.131. The monoisotopic (exact) mass is 397 g/mol. The highest BCUT2D eigenvalue weighted by Crippen LogP contribution is 2.15. The van der Waals surface area contributed by atoms with Crippen LogP contribution in [-0.2, 0) is 11.3 Å². The lowest BCUT2D eigenvalue weighted by Gasteiger charge is -2.35. The quantitative estimate of drug-likeness (QED) is 0.558. The van der Waals surface area contributed by atoms with Gasteiger partial charge in [0.2, 0.25) is 5.91 Å². The molecular formula is C17H19N9O3. The van der Waals surface area contributed by atoms with Crippen molar-refractivity contribution in [2.75, 3.05) is 31.1 Å². The Balaban J connectivity index is 1.33. The second-order valence-corrected chi connectivity index (χ2v) is 6.50. The Morgan fingerprint density at radius 2 is 1.86 bits per heavy atom. The Morgan fingerprint density at radius 1 is 1.07 bits per heavy atom. The molecule has 12 nitrogen and oxygen atoms in total. The maximum Gasteiger partial charge on any atom is 0.328 e. The van der Waals surface area contributed by atoms with Crippen molar-refractivity contribution in [2.24, 2.45) is 0 Å². The largest absolute Gasteiger partial charge is 0.353 e. The van der Waals surface area contributed by atoms with Gasteiger partial charge in [-0.1, -0.05) is 0 Å². The zero-order chi connectivity index (χ0) is 20.2. The molecule has 0 unspecified atom stereocenters. The van der Waals surface area contributed by atoms with E-state index in [1.807, 2.05) is 6.07 Å². The van der Waals surface area contributed by atoms with Gasteiger partial charge in [0.25, 0.3) is 5.56 Å². The molecule has 4 rings (SSSR count). The molecule has 0 aliphatic carbocycles. The van der Waals surface area contributed by atoms with Gasteiger partial charge < -0.3 is 14.4 Å². The number of carbonyl (C=O) groups excluding carboxylic acids is 1. The standard InChI is InChI=1S/C17H19N9O3/c27-15-1-3-25(17(29)22-15)4-2-16(28)24-7-5-23(6-8-24)13-9-14(20-11-19-13)26-12-18-10-21-26/h1,3,9-12H,2,4-8H2,(H,22,27,29). The van der Waals surface area contributed by atoms with Crippen LogP contribution in [0.15, 0.2) is 46.9 Å². The van der Waals surface area contributed by atoms with E-state index in [1.54, 1.807) is 15.9 Å². The molecule has 0 bridgehead atoms. The van der Waals surface area contributed by atoms with Gasteiger partial charge in [0, 0.05) is 57.5 Å². The number of aromatic amines is 1. The number of amides is 1. The van der Waals surface area contributed by atoms with E-state index >= 15 is 0 Å². The number of nitrogens with zero attached hydrogens (tertiary/aromatic N) is 8. The van der Waals surface area contributed by atoms with Crippen molar-refractivity contribution in [1.82, 2.24) is 39.2 Å². The summed E-state index contributed by atoms with van der Waals surface area (Å²) >= 11 is 0. The third kappa shape index (κ3) is 4.20. The average Bonchev–Trinajstić information content (AvgIpc) is 3.28. The summed E-state index contributed by atoms with van der Waals surface area (Å²) < 4.78 is 2.88. The number of aryl methyl sites for hydroxylation is 1. The van der Waals surface area contributed by atoms with Crippen LogP contribution >= 0.6 is 0 Å². The normalized spacial score (nSPS) is 14.2. The molecule has 3 aromatic rings. The van der Waals surface area contributed by atoms with Crippen molar-refractivity contribution in [3.8, 4) is 5.82 Å². The van der Waals surface area contributed by atoms with Gasteiger partial charge in [-0.2, -0.15) is 5.10 Å². The number of aromatic nitrogens is 7. The molecule has 1 saturated heterocycles. The first-order valence-electron chi connectivity index (χ1n) is 9.10. The number of carbonyl (C=O) groups is 1. The van der Waals surface area contributed by atoms with Gasteiger partial charge in [-0.15, -0.1) is 0 Å². The first-order chi connectivity index (χ1) is 14.1. The number of anilines is 1. The number of rotatable bonds is 5. The SMILES string of the molecule is O=C(CCn1ccc(=O)[nH]c1=O)N1CCN(c2cc(-n3cncn3)ncn2)CC1. The Kier molecular flexibility index (Phi) is 5.14. The van der Waals surface area contributed by atoms with E-state index < -0.39 is 11.2 Å². The minimum atomic E-state index is -0.512. The fourth-order valence-electron chi connectivity index (χ4n) is 3.14. The smallest absolute Gasteiger partial charge is 0.328 e. The molecule has 1 amide bonds. The molecule has 0 saturated carbocycles. The van der Waals surface area contributed by atoms with Gasteiger partial charge in [0.15, 0.2) is 5.82 Å². The number of hydrogen-bond donors (Lipinski definition) is 1.